The Kier molecular flexibility index (Phi) is 3.83. The average Bonchev–Trinajstić information content (AvgIpc) is 3.05. The Morgan fingerprint density at radius 2 is 2.05 bits per heavy atom. The van der Waals surface area contributed by atoms with Crippen LogP contribution >= 0.6 is 0 Å². The molecule has 1 saturated carbocycles. The maximum Gasteiger partial charge on any atom is 0.203 e. The molecule has 2 heterocycles. The van der Waals surface area contributed by atoms with Crippen molar-refractivity contribution < 1.29 is 0 Å². The van der Waals surface area contributed by atoms with Crippen molar-refractivity contribution in [1.29, 1.82) is 0 Å². The van der Waals surface area contributed by atoms with Crippen LogP contribution in [0.25, 0.3) is 5.65 Å². The van der Waals surface area contributed by atoms with Crippen molar-refractivity contribution in [2.24, 2.45) is 11.3 Å². The van der Waals surface area contributed by atoms with Gasteiger partial charge in [-0.15, -0.1) is 10.2 Å². The maximum atomic E-state index is 4.46. The van der Waals surface area contributed by atoms with Crippen LogP contribution in [-0.2, 0) is 0 Å². The van der Waals surface area contributed by atoms with Gasteiger partial charge in [-0.1, -0.05) is 26.7 Å². The first kappa shape index (κ1) is 14.3. The molecular formula is C16H25N5. The summed E-state index contributed by atoms with van der Waals surface area (Å²) in [6, 6.07) is 0. The van der Waals surface area contributed by atoms with Gasteiger partial charge in [-0.3, -0.25) is 4.40 Å². The second-order valence-corrected chi connectivity index (χ2v) is 6.88. The number of nitrogens with zero attached hydrogens (tertiary/aromatic N) is 4. The molecule has 0 unspecified atom stereocenters. The number of rotatable bonds is 5. The third-order valence-corrected chi connectivity index (χ3v) is 4.63. The van der Waals surface area contributed by atoms with Gasteiger partial charge in [0.05, 0.1) is 0 Å². The summed E-state index contributed by atoms with van der Waals surface area (Å²) in [7, 11) is 0. The molecule has 3 rings (SSSR count). The molecule has 2 aromatic rings. The van der Waals surface area contributed by atoms with Gasteiger partial charge in [0, 0.05) is 18.9 Å². The van der Waals surface area contributed by atoms with Crippen molar-refractivity contribution in [3.8, 4) is 0 Å². The predicted octanol–water partition coefficient (Wildman–Crippen LogP) is 3.45. The van der Waals surface area contributed by atoms with Crippen LogP contribution in [0, 0.1) is 18.3 Å². The number of hydrogen-bond donors (Lipinski definition) is 1. The van der Waals surface area contributed by atoms with Gasteiger partial charge < -0.3 is 5.32 Å². The number of aromatic nitrogens is 4. The van der Waals surface area contributed by atoms with Crippen LogP contribution in [0.1, 0.15) is 51.8 Å². The van der Waals surface area contributed by atoms with Crippen LogP contribution in [-0.4, -0.2) is 26.1 Å². The van der Waals surface area contributed by atoms with Crippen LogP contribution in [0.5, 0.6) is 0 Å². The van der Waals surface area contributed by atoms with Crippen LogP contribution < -0.4 is 5.32 Å². The first-order valence-corrected chi connectivity index (χ1v) is 8.00. The lowest BCUT2D eigenvalue weighted by Gasteiger charge is -2.31. The molecule has 1 fully saturated rings. The molecule has 1 N–H and O–H groups in total. The summed E-state index contributed by atoms with van der Waals surface area (Å²) in [5.41, 5.74) is 1.25. The highest BCUT2D eigenvalue weighted by molar-refractivity contribution is 5.62. The molecule has 21 heavy (non-hydrogen) atoms. The molecule has 0 saturated heterocycles. The summed E-state index contributed by atoms with van der Waals surface area (Å²) in [4.78, 5) is 4.46. The van der Waals surface area contributed by atoms with Crippen molar-refractivity contribution in [2.75, 3.05) is 11.9 Å². The zero-order valence-electron chi connectivity index (χ0n) is 13.3. The summed E-state index contributed by atoms with van der Waals surface area (Å²) in [6.45, 7) is 7.59. The molecule has 0 aliphatic heterocycles. The topological polar surface area (TPSA) is 55.1 Å². The Morgan fingerprint density at radius 3 is 2.76 bits per heavy atom. The first-order chi connectivity index (χ1) is 10.1. The Labute approximate surface area is 126 Å². The molecule has 1 aliphatic carbocycles. The number of aryl methyl sites for hydroxylation is 1. The Bertz CT molecular complexity index is 610. The summed E-state index contributed by atoms with van der Waals surface area (Å²) in [5, 5.41) is 11.9. The highest BCUT2D eigenvalue weighted by Gasteiger charge is 2.34. The van der Waals surface area contributed by atoms with E-state index in [9.17, 15) is 0 Å². The van der Waals surface area contributed by atoms with Gasteiger partial charge in [-0.25, -0.2) is 4.98 Å². The van der Waals surface area contributed by atoms with Gasteiger partial charge in [-0.05, 0) is 37.5 Å². The van der Waals surface area contributed by atoms with E-state index in [1.807, 2.05) is 23.7 Å². The minimum Gasteiger partial charge on any atom is -0.366 e. The Hall–Kier alpha value is -1.65. The van der Waals surface area contributed by atoms with E-state index < -0.39 is 0 Å². The van der Waals surface area contributed by atoms with Gasteiger partial charge in [0.1, 0.15) is 5.82 Å². The van der Waals surface area contributed by atoms with Crippen LogP contribution in [0.15, 0.2) is 12.4 Å². The SMILES string of the molecule is Cc1nnc2c(NCC3(CC(C)C)CCCC3)nccn12. The lowest BCUT2D eigenvalue weighted by molar-refractivity contribution is 0.252. The molecule has 0 aromatic carbocycles. The van der Waals surface area contributed by atoms with Crippen LogP contribution in [0.2, 0.25) is 0 Å². The van der Waals surface area contributed by atoms with Crippen molar-refractivity contribution >= 4 is 11.5 Å². The van der Waals surface area contributed by atoms with E-state index >= 15 is 0 Å². The lowest BCUT2D eigenvalue weighted by Crippen LogP contribution is -2.29. The van der Waals surface area contributed by atoms with Crippen molar-refractivity contribution in [3.63, 3.8) is 0 Å². The van der Waals surface area contributed by atoms with E-state index in [-0.39, 0.29) is 0 Å². The van der Waals surface area contributed by atoms with Gasteiger partial charge in [0.2, 0.25) is 5.65 Å². The van der Waals surface area contributed by atoms with E-state index in [0.717, 1.165) is 29.8 Å². The maximum absolute atomic E-state index is 4.46. The third-order valence-electron chi connectivity index (χ3n) is 4.63. The average molecular weight is 287 g/mol. The van der Waals surface area contributed by atoms with Crippen molar-refractivity contribution in [1.82, 2.24) is 19.6 Å². The van der Waals surface area contributed by atoms with Crippen LogP contribution in [0.3, 0.4) is 0 Å². The highest BCUT2D eigenvalue weighted by atomic mass is 15.3. The van der Waals surface area contributed by atoms with Gasteiger partial charge in [-0.2, -0.15) is 0 Å². The second-order valence-electron chi connectivity index (χ2n) is 6.88. The van der Waals surface area contributed by atoms with Gasteiger partial charge >= 0.3 is 0 Å². The minimum absolute atomic E-state index is 0.428. The van der Waals surface area contributed by atoms with E-state index in [2.05, 4.69) is 34.3 Å². The van der Waals surface area contributed by atoms with Crippen molar-refractivity contribution in [2.45, 2.75) is 52.9 Å². The minimum atomic E-state index is 0.428. The zero-order chi connectivity index (χ0) is 14.9. The molecule has 0 atom stereocenters. The van der Waals surface area contributed by atoms with E-state index in [4.69, 9.17) is 0 Å². The smallest absolute Gasteiger partial charge is 0.203 e. The van der Waals surface area contributed by atoms with Crippen LogP contribution in [0.4, 0.5) is 5.82 Å². The second kappa shape index (κ2) is 5.62. The summed E-state index contributed by atoms with van der Waals surface area (Å²) in [5.74, 6) is 2.49. The van der Waals surface area contributed by atoms with Gasteiger partial charge in [0.15, 0.2) is 5.82 Å². The number of anilines is 1. The monoisotopic (exact) mass is 287 g/mol. The lowest BCUT2D eigenvalue weighted by atomic mass is 9.78. The fourth-order valence-electron chi connectivity index (χ4n) is 3.78. The molecular weight excluding hydrogens is 262 g/mol. The standard InChI is InChI=1S/C16H25N5/c1-12(2)10-16(6-4-5-7-16)11-18-14-15-20-19-13(3)21(15)9-8-17-14/h8-9,12H,4-7,10-11H2,1-3H3,(H,17,18). The van der Waals surface area contributed by atoms with Gasteiger partial charge in [0.25, 0.3) is 0 Å². The molecule has 0 radical (unpaired) electrons. The zero-order valence-corrected chi connectivity index (χ0v) is 13.3. The quantitative estimate of drug-likeness (QED) is 0.915. The molecule has 2 aromatic heterocycles. The summed E-state index contributed by atoms with van der Waals surface area (Å²) < 4.78 is 1.99. The first-order valence-electron chi connectivity index (χ1n) is 8.00. The predicted molar refractivity (Wildman–Crippen MR) is 84.4 cm³/mol. The molecule has 0 bridgehead atoms. The molecule has 114 valence electrons. The number of fused-ring (bicyclic) bond motifs is 1. The highest BCUT2D eigenvalue weighted by Crippen LogP contribution is 2.43. The van der Waals surface area contributed by atoms with E-state index in [0.29, 0.717) is 5.41 Å². The number of hydrogen-bond acceptors (Lipinski definition) is 4. The van der Waals surface area contributed by atoms with E-state index in [1.54, 1.807) is 0 Å². The largest absolute Gasteiger partial charge is 0.366 e. The summed E-state index contributed by atoms with van der Waals surface area (Å²) >= 11 is 0. The molecule has 1 aliphatic rings. The normalized spacial score (nSPS) is 17.7. The summed E-state index contributed by atoms with van der Waals surface area (Å²) in [6.07, 6.45) is 10.4. The molecule has 5 nitrogen and oxygen atoms in total. The third kappa shape index (κ3) is 2.87. The van der Waals surface area contributed by atoms with Crippen molar-refractivity contribution in [3.05, 3.63) is 18.2 Å². The van der Waals surface area contributed by atoms with E-state index in [1.165, 1.54) is 32.1 Å². The Morgan fingerprint density at radius 1 is 1.29 bits per heavy atom. The fraction of sp³-hybridized carbons (Fsp3) is 0.688. The molecule has 5 heteroatoms. The number of nitrogens with one attached hydrogen (secondary N) is 1. The molecule has 0 spiro atoms. The molecule has 0 amide bonds. The fourth-order valence-corrected chi connectivity index (χ4v) is 3.78. The Balaban J connectivity index is 1.79.